The monoisotopic (exact) mass is 409 g/mol. The Morgan fingerprint density at radius 3 is 2.37 bits per heavy atom. The maximum atomic E-state index is 12.7. The van der Waals surface area contributed by atoms with Gasteiger partial charge in [0.05, 0.1) is 5.69 Å². The minimum atomic E-state index is -0.0480. The van der Waals surface area contributed by atoms with Crippen molar-refractivity contribution >= 4 is 5.91 Å². The lowest BCUT2D eigenvalue weighted by atomic mass is 9.69. The summed E-state index contributed by atoms with van der Waals surface area (Å²) in [6, 6.07) is 9.47. The van der Waals surface area contributed by atoms with E-state index in [2.05, 4.69) is 46.6 Å². The number of hydrogen-bond donors (Lipinski definition) is 1. The molecule has 1 aromatic carbocycles. The van der Waals surface area contributed by atoms with Crippen LogP contribution in [-0.2, 0) is 5.41 Å². The Bertz CT molecular complexity index is 838. The van der Waals surface area contributed by atoms with Crippen molar-refractivity contribution in [3.8, 4) is 0 Å². The molecule has 30 heavy (non-hydrogen) atoms. The Morgan fingerprint density at radius 2 is 1.77 bits per heavy atom. The Labute approximate surface area is 180 Å². The highest BCUT2D eigenvalue weighted by atomic mass is 16.5. The number of amides is 1. The van der Waals surface area contributed by atoms with Crippen molar-refractivity contribution in [2.75, 3.05) is 19.6 Å². The number of carbonyl (C=O) groups excluding carboxylic acids is 1. The second kappa shape index (κ2) is 8.93. The average Bonchev–Trinajstić information content (AvgIpc) is 3.09. The third kappa shape index (κ3) is 4.46. The van der Waals surface area contributed by atoms with Gasteiger partial charge in [0, 0.05) is 31.1 Å². The van der Waals surface area contributed by atoms with Gasteiger partial charge in [-0.05, 0) is 52.0 Å². The molecule has 1 N–H and O–H groups in total. The lowest BCUT2D eigenvalue weighted by Crippen LogP contribution is -2.49. The molecule has 2 heterocycles. The van der Waals surface area contributed by atoms with Gasteiger partial charge in [0.1, 0.15) is 11.3 Å². The Kier molecular flexibility index (Phi) is 6.28. The minimum absolute atomic E-state index is 0.0480. The number of piperidine rings is 1. The predicted molar refractivity (Wildman–Crippen MR) is 119 cm³/mol. The zero-order chi connectivity index (χ0) is 21.1. The van der Waals surface area contributed by atoms with Crippen LogP contribution < -0.4 is 5.32 Å². The lowest BCUT2D eigenvalue weighted by Gasteiger charge is -2.44. The number of likely N-dealkylation sites (tertiary alicyclic amines) is 1. The summed E-state index contributed by atoms with van der Waals surface area (Å²) in [5.41, 5.74) is 4.40. The molecule has 1 aliphatic carbocycles. The maximum Gasteiger partial charge on any atom is 0.257 e. The number of aromatic nitrogens is 1. The highest BCUT2D eigenvalue weighted by Gasteiger charge is 2.36. The Balaban J connectivity index is 1.37. The standard InChI is InChI=1S/C25H35N3O2/c1-18-7-9-21(10-8-18)25(13-5-4-6-14-25)17-28-15-11-22(12-16-28)26-24(29)23-19(2)27-30-20(23)3/h7-10,22H,4-6,11-17H2,1-3H3,(H,26,29). The van der Waals surface area contributed by atoms with Crippen LogP contribution in [0.3, 0.4) is 0 Å². The zero-order valence-electron chi connectivity index (χ0n) is 18.7. The number of aryl methyl sites for hydroxylation is 3. The number of hydrogen-bond acceptors (Lipinski definition) is 4. The van der Waals surface area contributed by atoms with Gasteiger partial charge in [0.2, 0.25) is 0 Å². The largest absolute Gasteiger partial charge is 0.361 e. The molecule has 1 saturated heterocycles. The molecule has 1 saturated carbocycles. The van der Waals surface area contributed by atoms with Gasteiger partial charge in [-0.25, -0.2) is 0 Å². The van der Waals surface area contributed by atoms with Gasteiger partial charge in [0.15, 0.2) is 0 Å². The van der Waals surface area contributed by atoms with Gasteiger partial charge >= 0.3 is 0 Å². The van der Waals surface area contributed by atoms with Crippen LogP contribution in [0.4, 0.5) is 0 Å². The van der Waals surface area contributed by atoms with E-state index in [0.29, 0.717) is 22.4 Å². The molecular weight excluding hydrogens is 374 g/mol. The van der Waals surface area contributed by atoms with Gasteiger partial charge in [-0.1, -0.05) is 54.2 Å². The molecule has 5 nitrogen and oxygen atoms in total. The Morgan fingerprint density at radius 1 is 1.10 bits per heavy atom. The summed E-state index contributed by atoms with van der Waals surface area (Å²) in [4.78, 5) is 15.3. The van der Waals surface area contributed by atoms with Gasteiger partial charge in [-0.2, -0.15) is 0 Å². The molecule has 4 rings (SSSR count). The van der Waals surface area contributed by atoms with E-state index in [1.54, 1.807) is 6.92 Å². The van der Waals surface area contributed by atoms with Crippen molar-refractivity contribution < 1.29 is 9.32 Å². The van der Waals surface area contributed by atoms with Gasteiger partial charge in [-0.15, -0.1) is 0 Å². The van der Waals surface area contributed by atoms with E-state index < -0.39 is 0 Å². The minimum Gasteiger partial charge on any atom is -0.361 e. The maximum absolute atomic E-state index is 12.7. The summed E-state index contributed by atoms with van der Waals surface area (Å²) >= 11 is 0. The molecule has 0 bridgehead atoms. The van der Waals surface area contributed by atoms with Crippen molar-refractivity contribution in [2.45, 2.75) is 77.2 Å². The topological polar surface area (TPSA) is 58.4 Å². The Hall–Kier alpha value is -2.14. The smallest absolute Gasteiger partial charge is 0.257 e. The van der Waals surface area contributed by atoms with Gasteiger partial charge in [0.25, 0.3) is 5.91 Å². The molecule has 0 spiro atoms. The predicted octanol–water partition coefficient (Wildman–Crippen LogP) is 4.70. The van der Waals surface area contributed by atoms with Crippen LogP contribution >= 0.6 is 0 Å². The average molecular weight is 410 g/mol. The van der Waals surface area contributed by atoms with Crippen molar-refractivity contribution in [1.82, 2.24) is 15.4 Å². The quantitative estimate of drug-likeness (QED) is 0.778. The molecule has 162 valence electrons. The summed E-state index contributed by atoms with van der Waals surface area (Å²) in [7, 11) is 0. The number of benzene rings is 1. The first-order valence-corrected chi connectivity index (χ1v) is 11.5. The van der Waals surface area contributed by atoms with Gasteiger partial charge in [-0.3, -0.25) is 4.79 Å². The van der Waals surface area contributed by atoms with E-state index in [-0.39, 0.29) is 11.9 Å². The summed E-state index contributed by atoms with van der Waals surface area (Å²) in [5, 5.41) is 7.11. The highest BCUT2D eigenvalue weighted by molar-refractivity contribution is 5.96. The first-order chi connectivity index (χ1) is 14.5. The van der Waals surface area contributed by atoms with Crippen molar-refractivity contribution in [3.05, 3.63) is 52.4 Å². The summed E-state index contributed by atoms with van der Waals surface area (Å²) in [6.45, 7) is 9.01. The van der Waals surface area contributed by atoms with Crippen LogP contribution in [0.5, 0.6) is 0 Å². The third-order valence-corrected chi connectivity index (χ3v) is 7.18. The van der Waals surface area contributed by atoms with Crippen LogP contribution in [0.25, 0.3) is 0 Å². The fraction of sp³-hybridized carbons (Fsp3) is 0.600. The fourth-order valence-corrected chi connectivity index (χ4v) is 5.40. The van der Waals surface area contributed by atoms with Crippen molar-refractivity contribution in [1.29, 1.82) is 0 Å². The van der Waals surface area contributed by atoms with Crippen LogP contribution in [0.1, 0.15) is 77.9 Å². The second-order valence-electron chi connectivity index (χ2n) is 9.43. The number of rotatable bonds is 5. The molecule has 1 amide bonds. The third-order valence-electron chi connectivity index (χ3n) is 7.18. The molecule has 0 atom stereocenters. The number of nitrogens with zero attached hydrogens (tertiary/aromatic N) is 2. The van der Waals surface area contributed by atoms with E-state index in [4.69, 9.17) is 4.52 Å². The van der Waals surface area contributed by atoms with E-state index in [1.807, 2.05) is 6.92 Å². The van der Waals surface area contributed by atoms with Crippen LogP contribution in [0.15, 0.2) is 28.8 Å². The summed E-state index contributed by atoms with van der Waals surface area (Å²) in [6.07, 6.45) is 8.61. The lowest BCUT2D eigenvalue weighted by molar-refractivity contribution is 0.0889. The molecule has 0 unspecified atom stereocenters. The molecule has 2 aliphatic rings. The first-order valence-electron chi connectivity index (χ1n) is 11.5. The molecule has 0 radical (unpaired) electrons. The van der Waals surface area contributed by atoms with E-state index in [9.17, 15) is 4.79 Å². The molecule has 2 aromatic rings. The SMILES string of the molecule is Cc1ccc(C2(CN3CCC(NC(=O)c4c(C)noc4C)CC3)CCCCC2)cc1. The highest BCUT2D eigenvalue weighted by Crippen LogP contribution is 2.40. The first kappa shape index (κ1) is 21.1. The fourth-order valence-electron chi connectivity index (χ4n) is 5.40. The molecule has 1 aromatic heterocycles. The van der Waals surface area contributed by atoms with Gasteiger partial charge < -0.3 is 14.7 Å². The molecular formula is C25H35N3O2. The molecule has 2 fully saturated rings. The van der Waals surface area contributed by atoms with Crippen LogP contribution in [0.2, 0.25) is 0 Å². The zero-order valence-corrected chi connectivity index (χ0v) is 18.7. The van der Waals surface area contributed by atoms with Crippen molar-refractivity contribution in [2.24, 2.45) is 0 Å². The van der Waals surface area contributed by atoms with E-state index >= 15 is 0 Å². The molecule has 1 aliphatic heterocycles. The normalized spacial score (nSPS) is 20.2. The summed E-state index contributed by atoms with van der Waals surface area (Å²) in [5.74, 6) is 0.549. The van der Waals surface area contributed by atoms with E-state index in [1.165, 1.54) is 43.2 Å². The second-order valence-corrected chi connectivity index (χ2v) is 9.43. The molecule has 5 heteroatoms. The van der Waals surface area contributed by atoms with Crippen molar-refractivity contribution in [3.63, 3.8) is 0 Å². The summed E-state index contributed by atoms with van der Waals surface area (Å²) < 4.78 is 5.15. The number of nitrogens with one attached hydrogen (secondary N) is 1. The number of carbonyl (C=O) groups is 1. The van der Waals surface area contributed by atoms with Crippen LogP contribution in [0, 0.1) is 20.8 Å². The van der Waals surface area contributed by atoms with E-state index in [0.717, 1.165) is 32.5 Å². The van der Waals surface area contributed by atoms with Crippen LogP contribution in [-0.4, -0.2) is 41.6 Å².